The van der Waals surface area contributed by atoms with Crippen molar-refractivity contribution >= 4 is 38.5 Å². The Balaban J connectivity index is 1.73. The highest BCUT2D eigenvalue weighted by Crippen LogP contribution is 2.43. The van der Waals surface area contributed by atoms with Crippen LogP contribution in [0.1, 0.15) is 41.6 Å². The Morgan fingerprint density at radius 1 is 1.03 bits per heavy atom. The monoisotopic (exact) mass is 551 g/mol. The van der Waals surface area contributed by atoms with Crippen molar-refractivity contribution in [2.75, 3.05) is 18.6 Å². The van der Waals surface area contributed by atoms with E-state index in [1.165, 1.54) is 24.1 Å². The van der Waals surface area contributed by atoms with Gasteiger partial charge >= 0.3 is 0 Å². The minimum absolute atomic E-state index is 0.0638. The van der Waals surface area contributed by atoms with Crippen LogP contribution in [0.15, 0.2) is 74.3 Å². The van der Waals surface area contributed by atoms with E-state index in [0.29, 0.717) is 35.3 Å². The molecule has 1 aromatic heterocycles. The summed E-state index contributed by atoms with van der Waals surface area (Å²) in [6.07, 6.45) is 0. The van der Waals surface area contributed by atoms with Crippen LogP contribution in [0.2, 0.25) is 0 Å². The van der Waals surface area contributed by atoms with Crippen LogP contribution >= 0.6 is 15.9 Å². The average molecular weight is 552 g/mol. The number of amides is 1. The van der Waals surface area contributed by atoms with E-state index < -0.39 is 23.2 Å². The lowest BCUT2D eigenvalue weighted by Crippen LogP contribution is -2.29. The molecule has 4 aromatic rings. The van der Waals surface area contributed by atoms with Crippen LogP contribution < -0.4 is 19.8 Å². The number of hydrogen-bond donors (Lipinski definition) is 0. The lowest BCUT2D eigenvalue weighted by Gasteiger charge is -2.26. The number of benzene rings is 3. The Morgan fingerprint density at radius 2 is 1.78 bits per heavy atom. The predicted molar refractivity (Wildman–Crippen MR) is 139 cm³/mol. The zero-order chi connectivity index (χ0) is 25.6. The van der Waals surface area contributed by atoms with Crippen LogP contribution in [0.3, 0.4) is 0 Å². The summed E-state index contributed by atoms with van der Waals surface area (Å²) < 4.78 is 32.2. The van der Waals surface area contributed by atoms with Crippen molar-refractivity contribution in [1.82, 2.24) is 0 Å². The minimum atomic E-state index is -0.814. The summed E-state index contributed by atoms with van der Waals surface area (Å²) in [6, 6.07) is 15.4. The summed E-state index contributed by atoms with van der Waals surface area (Å²) in [5.41, 5.74) is 1.05. The second-order valence-electron chi connectivity index (χ2n) is 8.98. The molecule has 36 heavy (non-hydrogen) atoms. The fourth-order valence-corrected chi connectivity index (χ4v) is 4.62. The summed E-state index contributed by atoms with van der Waals surface area (Å²) in [7, 11) is 1.53. The summed E-state index contributed by atoms with van der Waals surface area (Å²) in [5.74, 6) is 0.267. The largest absolute Gasteiger partial charge is 0.493 e. The number of hydrogen-bond acceptors (Lipinski definition) is 5. The average Bonchev–Trinajstić information content (AvgIpc) is 3.16. The fraction of sp³-hybridized carbons (Fsp3) is 0.214. The number of carbonyl (C=O) groups excluding carboxylic acids is 1. The molecule has 0 saturated carbocycles. The summed E-state index contributed by atoms with van der Waals surface area (Å²) in [6.45, 7) is 4.60. The zero-order valence-corrected chi connectivity index (χ0v) is 21.5. The quantitative estimate of drug-likeness (QED) is 0.274. The Hall–Kier alpha value is -3.65. The standard InChI is InChI=1S/C28H23BrFNO5/c1-15(2)14-35-22-10-4-16(12-23(22)34-3)25-24-26(32)20-13-18(30)7-11-21(20)36-27(24)28(33)31(25)19-8-5-17(29)6-9-19/h4-13,15,25H,14H2,1-3H3. The van der Waals surface area contributed by atoms with E-state index in [1.807, 2.05) is 26.0 Å². The van der Waals surface area contributed by atoms with Crippen LogP contribution in [0.4, 0.5) is 10.1 Å². The molecule has 1 aliphatic heterocycles. The van der Waals surface area contributed by atoms with E-state index in [2.05, 4.69) is 15.9 Å². The van der Waals surface area contributed by atoms with Gasteiger partial charge < -0.3 is 13.9 Å². The van der Waals surface area contributed by atoms with Gasteiger partial charge in [-0.25, -0.2) is 4.39 Å². The number of ether oxygens (including phenoxy) is 2. The Bertz CT molecular complexity index is 1530. The number of anilines is 1. The van der Waals surface area contributed by atoms with E-state index >= 15 is 0 Å². The molecule has 0 radical (unpaired) electrons. The predicted octanol–water partition coefficient (Wildman–Crippen LogP) is 6.49. The molecular weight excluding hydrogens is 529 g/mol. The highest BCUT2D eigenvalue weighted by atomic mass is 79.9. The van der Waals surface area contributed by atoms with Crippen LogP contribution in [0, 0.1) is 11.7 Å². The number of halogens is 2. The first-order valence-corrected chi connectivity index (χ1v) is 12.2. The second-order valence-corrected chi connectivity index (χ2v) is 9.90. The molecule has 0 saturated heterocycles. The van der Waals surface area contributed by atoms with Gasteiger partial charge in [0.2, 0.25) is 5.76 Å². The molecule has 0 bridgehead atoms. The maximum Gasteiger partial charge on any atom is 0.295 e. The van der Waals surface area contributed by atoms with Gasteiger partial charge in [-0.2, -0.15) is 0 Å². The smallest absolute Gasteiger partial charge is 0.295 e. The molecule has 6 nitrogen and oxygen atoms in total. The van der Waals surface area contributed by atoms with Crippen LogP contribution in [0.25, 0.3) is 11.0 Å². The number of fused-ring (bicyclic) bond motifs is 2. The van der Waals surface area contributed by atoms with E-state index in [0.717, 1.165) is 10.5 Å². The lowest BCUT2D eigenvalue weighted by atomic mass is 9.97. The molecule has 5 rings (SSSR count). The van der Waals surface area contributed by atoms with Gasteiger partial charge in [0, 0.05) is 10.2 Å². The molecule has 1 aliphatic rings. The summed E-state index contributed by atoms with van der Waals surface area (Å²) in [4.78, 5) is 28.9. The van der Waals surface area contributed by atoms with Crippen molar-refractivity contribution in [3.05, 3.63) is 98.1 Å². The first kappa shape index (κ1) is 24.1. The minimum Gasteiger partial charge on any atom is -0.493 e. The summed E-state index contributed by atoms with van der Waals surface area (Å²) in [5, 5.41) is 0.0769. The third kappa shape index (κ3) is 4.15. The first-order valence-electron chi connectivity index (χ1n) is 11.4. The van der Waals surface area contributed by atoms with E-state index in [1.54, 1.807) is 30.3 Å². The van der Waals surface area contributed by atoms with Gasteiger partial charge in [0.1, 0.15) is 11.4 Å². The molecular formula is C28H23BrFNO5. The van der Waals surface area contributed by atoms with E-state index in [4.69, 9.17) is 13.9 Å². The highest BCUT2D eigenvalue weighted by Gasteiger charge is 2.44. The number of nitrogens with zero attached hydrogens (tertiary/aromatic N) is 1. The molecule has 184 valence electrons. The van der Waals surface area contributed by atoms with Crippen molar-refractivity contribution in [3.63, 3.8) is 0 Å². The van der Waals surface area contributed by atoms with Crippen molar-refractivity contribution in [1.29, 1.82) is 0 Å². The van der Waals surface area contributed by atoms with E-state index in [-0.39, 0.29) is 22.3 Å². The molecule has 1 atom stereocenters. The molecule has 8 heteroatoms. The van der Waals surface area contributed by atoms with Crippen molar-refractivity contribution in [3.8, 4) is 11.5 Å². The maximum atomic E-state index is 14.0. The first-order chi connectivity index (χ1) is 17.3. The maximum absolute atomic E-state index is 14.0. The fourth-order valence-electron chi connectivity index (χ4n) is 4.36. The second kappa shape index (κ2) is 9.43. The topological polar surface area (TPSA) is 69.0 Å². The van der Waals surface area contributed by atoms with Crippen LogP contribution in [-0.4, -0.2) is 19.6 Å². The van der Waals surface area contributed by atoms with Gasteiger partial charge in [0.05, 0.1) is 30.7 Å². The van der Waals surface area contributed by atoms with Crippen LogP contribution in [0.5, 0.6) is 11.5 Å². The van der Waals surface area contributed by atoms with Gasteiger partial charge in [0.25, 0.3) is 5.91 Å². The van der Waals surface area contributed by atoms with E-state index in [9.17, 15) is 14.0 Å². The molecule has 1 amide bonds. The Morgan fingerprint density at radius 3 is 2.47 bits per heavy atom. The third-order valence-electron chi connectivity index (χ3n) is 6.01. The summed E-state index contributed by atoms with van der Waals surface area (Å²) >= 11 is 3.42. The van der Waals surface area contributed by atoms with Crippen molar-refractivity contribution < 1.29 is 23.1 Å². The van der Waals surface area contributed by atoms with Gasteiger partial charge in [0.15, 0.2) is 16.9 Å². The molecule has 0 N–H and O–H groups in total. The molecule has 3 aromatic carbocycles. The molecule has 0 aliphatic carbocycles. The third-order valence-corrected chi connectivity index (χ3v) is 6.54. The Labute approximate surface area is 215 Å². The van der Waals surface area contributed by atoms with Crippen LogP contribution in [-0.2, 0) is 0 Å². The number of methoxy groups -OCH3 is 1. The molecule has 2 heterocycles. The SMILES string of the molecule is COc1cc(C2c3c(oc4ccc(F)cc4c3=O)C(=O)N2c2ccc(Br)cc2)ccc1OCC(C)C. The van der Waals surface area contributed by atoms with Gasteiger partial charge in [-0.1, -0.05) is 35.8 Å². The number of rotatable bonds is 6. The van der Waals surface area contributed by atoms with Crippen molar-refractivity contribution in [2.45, 2.75) is 19.9 Å². The zero-order valence-electron chi connectivity index (χ0n) is 19.9. The Kier molecular flexibility index (Phi) is 6.30. The normalized spacial score (nSPS) is 15.0. The van der Waals surface area contributed by atoms with Gasteiger partial charge in [-0.3, -0.25) is 14.5 Å². The van der Waals surface area contributed by atoms with Crippen molar-refractivity contribution in [2.24, 2.45) is 5.92 Å². The molecule has 0 spiro atoms. The highest BCUT2D eigenvalue weighted by molar-refractivity contribution is 9.10. The molecule has 1 unspecified atom stereocenters. The molecule has 0 fully saturated rings. The van der Waals surface area contributed by atoms with Gasteiger partial charge in [-0.15, -0.1) is 0 Å². The lowest BCUT2D eigenvalue weighted by molar-refractivity contribution is 0.0971. The number of carbonyl (C=O) groups is 1. The van der Waals surface area contributed by atoms with Gasteiger partial charge in [-0.05, 0) is 66.1 Å².